The van der Waals surface area contributed by atoms with Gasteiger partial charge in [-0.2, -0.15) is 0 Å². The molecule has 0 radical (unpaired) electrons. The molecule has 2 unspecified atom stereocenters. The first-order valence-electron chi connectivity index (χ1n) is 33.4. The largest absolute Gasteiger partial charge is 0.309 e. The molecule has 0 fully saturated rings. The molecular weight excluding hydrogens is 1190 g/mol. The molecule has 20 rings (SSSR count). The summed E-state index contributed by atoms with van der Waals surface area (Å²) >= 11 is 0. The van der Waals surface area contributed by atoms with Crippen LogP contribution in [0.1, 0.15) is 45.2 Å². The minimum Gasteiger partial charge on any atom is -0.309 e. The summed E-state index contributed by atoms with van der Waals surface area (Å²) in [6.07, 6.45) is 0. The summed E-state index contributed by atoms with van der Waals surface area (Å²) in [4.78, 5) is 11.9. The van der Waals surface area contributed by atoms with Crippen molar-refractivity contribution in [3.63, 3.8) is 0 Å². The van der Waals surface area contributed by atoms with Gasteiger partial charge in [-0.3, -0.25) is 4.57 Å². The van der Waals surface area contributed by atoms with Crippen molar-refractivity contribution in [3.8, 4) is 34.2 Å². The van der Waals surface area contributed by atoms with Crippen molar-refractivity contribution in [2.45, 2.75) is 11.8 Å². The van der Waals surface area contributed by atoms with Gasteiger partial charge in [0.25, 0.3) is 0 Å². The summed E-state index contributed by atoms with van der Waals surface area (Å²) in [6, 6.07) is 136. The summed E-state index contributed by atoms with van der Waals surface area (Å²) in [6.45, 7) is 0. The van der Waals surface area contributed by atoms with E-state index in [4.69, 9.17) is 9.97 Å². The standard InChI is InChI=1S/C90H62N4Si2/c1-8-32-63(33-9-1)93-80-52-26-24-50-74(80)85-82(93)56-54-76-84-72-48-22-23-49-73(72)87(88(76)85)89-77(84)55-57-83-86(89)75-51-25-27-53-81(75)94(83)90-91-78(61-30-28-46-70(58-61)95(64-34-10-2-11-35-64,65-36-12-3-13-37-65)66-38-14-4-15-39-66)60-79(92-90)62-31-29-47-71(59-62)96(67-40-16-5-17-41-67,68-42-18-6-19-43-68)69-44-20-7-21-45-69/h1-60,84,87H. The van der Waals surface area contributed by atoms with Crippen LogP contribution >= 0.6 is 0 Å². The monoisotopic (exact) mass is 1250 g/mol. The molecule has 3 heterocycles. The SMILES string of the molecule is c1ccc(-n2c3ccccc3c3c4c(ccc32)C2c3ccccc3C4c3c2ccc2c3c3ccccc3n2-c2nc(-c3cccc([Si](c4ccccc4)(c4ccccc4)c4ccccc4)c3)cc(-c3cccc([Si](c4ccccc4)(c4ccccc4)c4ccccc4)c3)n2)cc1. The van der Waals surface area contributed by atoms with Crippen molar-refractivity contribution in [1.82, 2.24) is 19.1 Å². The molecule has 0 aliphatic heterocycles. The van der Waals surface area contributed by atoms with Crippen LogP contribution in [0.25, 0.3) is 77.8 Å². The molecule has 96 heavy (non-hydrogen) atoms. The van der Waals surface area contributed by atoms with Crippen LogP contribution in [0, 0.1) is 0 Å². The number of hydrogen-bond acceptors (Lipinski definition) is 2. The molecule has 0 spiro atoms. The van der Waals surface area contributed by atoms with E-state index >= 15 is 0 Å². The third-order valence-electron chi connectivity index (χ3n) is 21.0. The lowest BCUT2D eigenvalue weighted by Gasteiger charge is -2.43. The zero-order valence-electron chi connectivity index (χ0n) is 52.6. The van der Waals surface area contributed by atoms with Crippen molar-refractivity contribution >= 4 is 101 Å². The highest BCUT2D eigenvalue weighted by atomic mass is 28.3. The van der Waals surface area contributed by atoms with Crippen LogP contribution in [0.2, 0.25) is 0 Å². The molecule has 4 nitrogen and oxygen atoms in total. The van der Waals surface area contributed by atoms with Gasteiger partial charge in [0, 0.05) is 50.2 Å². The number of para-hydroxylation sites is 3. The predicted molar refractivity (Wildman–Crippen MR) is 404 cm³/mol. The van der Waals surface area contributed by atoms with E-state index in [0.29, 0.717) is 5.95 Å². The van der Waals surface area contributed by atoms with Gasteiger partial charge in [-0.05, 0) is 117 Å². The number of fused-ring (bicyclic) bond motifs is 6. The van der Waals surface area contributed by atoms with E-state index in [1.54, 1.807) is 0 Å². The molecule has 6 heteroatoms. The zero-order chi connectivity index (χ0) is 63.3. The minimum absolute atomic E-state index is 0.0355. The first kappa shape index (κ1) is 55.8. The maximum Gasteiger partial charge on any atom is 0.235 e. The van der Waals surface area contributed by atoms with Crippen molar-refractivity contribution in [1.29, 1.82) is 0 Å². The van der Waals surface area contributed by atoms with Gasteiger partial charge in [0.1, 0.15) is 0 Å². The van der Waals surface area contributed by atoms with Gasteiger partial charge in [-0.25, -0.2) is 9.97 Å². The molecule has 0 saturated heterocycles. The lowest BCUT2D eigenvalue weighted by molar-refractivity contribution is 0.768. The first-order valence-corrected chi connectivity index (χ1v) is 37.4. The van der Waals surface area contributed by atoms with Crippen LogP contribution in [0.5, 0.6) is 0 Å². The smallest absolute Gasteiger partial charge is 0.235 e. The van der Waals surface area contributed by atoms with Crippen LogP contribution in [0.3, 0.4) is 0 Å². The van der Waals surface area contributed by atoms with Gasteiger partial charge < -0.3 is 4.57 Å². The Hall–Kier alpha value is -11.8. The van der Waals surface area contributed by atoms with Crippen molar-refractivity contribution in [3.05, 3.63) is 397 Å². The number of hydrogen-bond donors (Lipinski definition) is 0. The second kappa shape index (κ2) is 22.5. The van der Waals surface area contributed by atoms with Crippen LogP contribution in [0.4, 0.5) is 0 Å². The number of rotatable bonds is 12. The van der Waals surface area contributed by atoms with Gasteiger partial charge in [0.15, 0.2) is 16.1 Å². The summed E-state index contributed by atoms with van der Waals surface area (Å²) in [5, 5.41) is 15.5. The summed E-state index contributed by atoms with van der Waals surface area (Å²) < 4.78 is 4.86. The molecule has 0 amide bonds. The summed E-state index contributed by atoms with van der Waals surface area (Å²) in [5.74, 6) is 0.598. The predicted octanol–water partition coefficient (Wildman–Crippen LogP) is 15.7. The average molecular weight is 1260 g/mol. The molecular formula is C90H62N4Si2. The molecule has 3 aromatic heterocycles. The van der Waals surface area contributed by atoms with E-state index in [1.807, 2.05) is 0 Å². The number of nitrogens with zero attached hydrogens (tertiary/aromatic N) is 4. The first-order chi connectivity index (χ1) is 47.7. The molecule has 2 atom stereocenters. The fourth-order valence-corrected chi connectivity index (χ4v) is 26.8. The number of aromatic nitrogens is 4. The Morgan fingerprint density at radius 2 is 0.573 bits per heavy atom. The van der Waals surface area contributed by atoms with Crippen LogP contribution in [-0.2, 0) is 0 Å². The van der Waals surface area contributed by atoms with Gasteiger partial charge in [0.2, 0.25) is 5.95 Å². The summed E-state index contributed by atoms with van der Waals surface area (Å²) in [5.41, 5.74) is 17.8. The molecule has 3 aliphatic carbocycles. The quantitative estimate of drug-likeness (QED) is 0.0903. The van der Waals surface area contributed by atoms with E-state index in [0.717, 1.165) is 39.2 Å². The molecule has 3 aliphatic rings. The topological polar surface area (TPSA) is 35.6 Å². The van der Waals surface area contributed by atoms with Crippen LogP contribution in [0.15, 0.2) is 364 Å². The fraction of sp³-hybridized carbons (Fsp3) is 0.0222. The normalized spacial score (nSPS) is 14.0. The second-order valence-electron chi connectivity index (χ2n) is 25.8. The highest BCUT2D eigenvalue weighted by Crippen LogP contribution is 2.60. The molecule has 0 N–H and O–H groups in total. The van der Waals surface area contributed by atoms with Crippen LogP contribution < -0.4 is 41.5 Å². The Morgan fingerprint density at radius 1 is 0.240 bits per heavy atom. The van der Waals surface area contributed by atoms with E-state index < -0.39 is 16.1 Å². The van der Waals surface area contributed by atoms with Gasteiger partial charge >= 0.3 is 0 Å². The van der Waals surface area contributed by atoms with Gasteiger partial charge in [-0.15, -0.1) is 0 Å². The Kier molecular flexibility index (Phi) is 13.1. The lowest BCUT2D eigenvalue weighted by atomic mass is 9.59. The lowest BCUT2D eigenvalue weighted by Crippen LogP contribution is -2.74. The Labute approximate surface area is 560 Å². The molecule has 14 aromatic carbocycles. The Bertz CT molecular complexity index is 5450. The highest BCUT2D eigenvalue weighted by molar-refractivity contribution is 7.20. The molecule has 0 saturated carbocycles. The molecule has 450 valence electrons. The van der Waals surface area contributed by atoms with Crippen molar-refractivity contribution < 1.29 is 0 Å². The van der Waals surface area contributed by atoms with E-state index in [1.165, 1.54) is 107 Å². The maximum absolute atomic E-state index is 5.94. The zero-order valence-corrected chi connectivity index (χ0v) is 54.6. The maximum atomic E-state index is 5.94. The third kappa shape index (κ3) is 8.32. The summed E-state index contributed by atoms with van der Waals surface area (Å²) in [7, 11) is -5.94. The third-order valence-corrected chi connectivity index (χ3v) is 30.5. The highest BCUT2D eigenvalue weighted by Gasteiger charge is 2.46. The average Bonchev–Trinajstić information content (AvgIpc) is 1.33. The van der Waals surface area contributed by atoms with Crippen LogP contribution in [-0.4, -0.2) is 35.2 Å². The van der Waals surface area contributed by atoms with Gasteiger partial charge in [0.05, 0.1) is 33.5 Å². The minimum atomic E-state index is -2.97. The Morgan fingerprint density at radius 3 is 0.990 bits per heavy atom. The molecule has 17 aromatic rings. The van der Waals surface area contributed by atoms with E-state index in [9.17, 15) is 0 Å². The second-order valence-corrected chi connectivity index (χ2v) is 33.4. The molecule has 2 bridgehead atoms. The van der Waals surface area contributed by atoms with Crippen molar-refractivity contribution in [2.24, 2.45) is 0 Å². The van der Waals surface area contributed by atoms with Gasteiger partial charge in [-0.1, -0.05) is 322 Å². The number of benzene rings is 14. The van der Waals surface area contributed by atoms with Crippen molar-refractivity contribution in [2.75, 3.05) is 0 Å². The Balaban J connectivity index is 0.881. The van der Waals surface area contributed by atoms with E-state index in [-0.39, 0.29) is 11.8 Å². The van der Waals surface area contributed by atoms with E-state index in [2.05, 4.69) is 373 Å². The fourth-order valence-electron chi connectivity index (χ4n) is 17.2.